The highest BCUT2D eigenvalue weighted by molar-refractivity contribution is 6.33. The van der Waals surface area contributed by atoms with Crippen molar-refractivity contribution in [2.45, 2.75) is 52.1 Å². The number of nitrogens with zero attached hydrogens (tertiary/aromatic N) is 1. The fourth-order valence-corrected chi connectivity index (χ4v) is 3.95. The fourth-order valence-electron chi connectivity index (χ4n) is 3.72. The van der Waals surface area contributed by atoms with Gasteiger partial charge in [0, 0.05) is 30.6 Å². The molecule has 2 aromatic rings. The highest BCUT2D eigenvalue weighted by Crippen LogP contribution is 2.29. The smallest absolute Gasteiger partial charge is 0.225 e. The van der Waals surface area contributed by atoms with Crippen LogP contribution in [0.5, 0.6) is 0 Å². The maximum Gasteiger partial charge on any atom is 0.225 e. The molecule has 0 unspecified atom stereocenters. The number of benzene rings is 1. The van der Waals surface area contributed by atoms with Gasteiger partial charge in [-0.05, 0) is 49.9 Å². The van der Waals surface area contributed by atoms with Crippen molar-refractivity contribution in [3.8, 4) is 11.3 Å². The molecule has 2 heterocycles. The summed E-state index contributed by atoms with van der Waals surface area (Å²) in [6.45, 7) is 6.57. The molecule has 0 spiro atoms. The van der Waals surface area contributed by atoms with Crippen LogP contribution >= 0.6 is 11.6 Å². The van der Waals surface area contributed by atoms with Crippen LogP contribution in [0, 0.1) is 5.92 Å². The first-order valence-electron chi connectivity index (χ1n) is 9.98. The van der Waals surface area contributed by atoms with Crippen LogP contribution in [0.3, 0.4) is 0 Å². The van der Waals surface area contributed by atoms with E-state index in [0.717, 1.165) is 55.9 Å². The third-order valence-electron chi connectivity index (χ3n) is 5.51. The minimum atomic E-state index is 0.181. The molecule has 1 aromatic heterocycles. The van der Waals surface area contributed by atoms with Gasteiger partial charge in [-0.25, -0.2) is 0 Å². The van der Waals surface area contributed by atoms with E-state index >= 15 is 0 Å². The van der Waals surface area contributed by atoms with E-state index in [0.29, 0.717) is 23.5 Å². The number of halogens is 1. The second-order valence-corrected chi connectivity index (χ2v) is 7.65. The van der Waals surface area contributed by atoms with E-state index in [1.165, 1.54) is 0 Å². The summed E-state index contributed by atoms with van der Waals surface area (Å²) in [5.41, 5.74) is 0.915. The van der Waals surface area contributed by atoms with Gasteiger partial charge in [-0.1, -0.05) is 37.6 Å². The molecule has 27 heavy (non-hydrogen) atoms. The summed E-state index contributed by atoms with van der Waals surface area (Å²) in [7, 11) is 0. The molecule has 0 radical (unpaired) electrons. The molecule has 1 aromatic carbocycles. The van der Waals surface area contributed by atoms with Gasteiger partial charge in [0.15, 0.2) is 0 Å². The summed E-state index contributed by atoms with van der Waals surface area (Å²) >= 11 is 6.24. The lowest BCUT2D eigenvalue weighted by atomic mass is 9.98. The first-order valence-corrected chi connectivity index (χ1v) is 10.4. The van der Waals surface area contributed by atoms with E-state index in [4.69, 9.17) is 16.0 Å². The molecule has 1 aliphatic heterocycles. The lowest BCUT2D eigenvalue weighted by Crippen LogP contribution is -2.46. The van der Waals surface area contributed by atoms with Gasteiger partial charge < -0.3 is 14.6 Å². The lowest BCUT2D eigenvalue weighted by Gasteiger charge is -2.34. The van der Waals surface area contributed by atoms with E-state index in [1.54, 1.807) is 0 Å². The number of hydrogen-bond acceptors (Lipinski definition) is 3. The van der Waals surface area contributed by atoms with Crippen molar-refractivity contribution in [2.24, 2.45) is 5.92 Å². The number of furan rings is 1. The van der Waals surface area contributed by atoms with Crippen LogP contribution in [-0.4, -0.2) is 29.9 Å². The Morgan fingerprint density at radius 1 is 1.19 bits per heavy atom. The number of likely N-dealkylation sites (tertiary alicyclic amines) is 1. The second kappa shape index (κ2) is 9.43. The molecule has 0 atom stereocenters. The van der Waals surface area contributed by atoms with Crippen LogP contribution in [0.4, 0.5) is 0 Å². The Balaban J connectivity index is 1.48. The molecule has 1 aliphatic rings. The van der Waals surface area contributed by atoms with Crippen molar-refractivity contribution in [3.63, 3.8) is 0 Å². The van der Waals surface area contributed by atoms with Gasteiger partial charge in [-0.15, -0.1) is 0 Å². The van der Waals surface area contributed by atoms with E-state index in [9.17, 15) is 4.79 Å². The van der Waals surface area contributed by atoms with Crippen LogP contribution < -0.4 is 5.32 Å². The molecule has 3 rings (SSSR count). The summed E-state index contributed by atoms with van der Waals surface area (Å²) in [5.74, 6) is 2.21. The van der Waals surface area contributed by atoms with Crippen molar-refractivity contribution in [1.82, 2.24) is 10.2 Å². The Hall–Kier alpha value is -1.78. The first kappa shape index (κ1) is 20.0. The van der Waals surface area contributed by atoms with Gasteiger partial charge >= 0.3 is 0 Å². The highest BCUT2D eigenvalue weighted by atomic mass is 35.5. The zero-order chi connectivity index (χ0) is 19.2. The Kier molecular flexibility index (Phi) is 6.97. The zero-order valence-corrected chi connectivity index (χ0v) is 17.0. The van der Waals surface area contributed by atoms with Gasteiger partial charge in [-0.3, -0.25) is 4.79 Å². The summed E-state index contributed by atoms with van der Waals surface area (Å²) in [4.78, 5) is 14.5. The predicted molar refractivity (Wildman–Crippen MR) is 110 cm³/mol. The van der Waals surface area contributed by atoms with Crippen molar-refractivity contribution in [2.75, 3.05) is 13.1 Å². The summed E-state index contributed by atoms with van der Waals surface area (Å²) in [6.07, 6.45) is 3.84. The van der Waals surface area contributed by atoms with E-state index < -0.39 is 0 Å². The maximum atomic E-state index is 12.5. The van der Waals surface area contributed by atoms with E-state index in [-0.39, 0.29) is 5.92 Å². The van der Waals surface area contributed by atoms with Gasteiger partial charge in [0.25, 0.3) is 0 Å². The largest absolute Gasteiger partial charge is 0.460 e. The Labute approximate surface area is 166 Å². The molecule has 4 nitrogen and oxygen atoms in total. The van der Waals surface area contributed by atoms with Crippen molar-refractivity contribution in [1.29, 1.82) is 0 Å². The number of nitrogens with one attached hydrogen (secondary N) is 1. The van der Waals surface area contributed by atoms with Crippen LogP contribution in [0.1, 0.15) is 45.3 Å². The maximum absolute atomic E-state index is 12.5. The normalized spacial score (nSPS) is 15.5. The quantitative estimate of drug-likeness (QED) is 0.716. The molecular formula is C22H29ClN2O2. The Bertz CT molecular complexity index is 746. The first-order chi connectivity index (χ1) is 13.1. The molecular weight excluding hydrogens is 360 g/mol. The third-order valence-corrected chi connectivity index (χ3v) is 5.84. The van der Waals surface area contributed by atoms with Crippen LogP contribution in [0.2, 0.25) is 5.02 Å². The lowest BCUT2D eigenvalue weighted by molar-refractivity contribution is -0.136. The van der Waals surface area contributed by atoms with Crippen LogP contribution in [0.15, 0.2) is 40.8 Å². The molecule has 146 valence electrons. The number of amides is 1. The average Bonchev–Trinajstić information content (AvgIpc) is 3.17. The van der Waals surface area contributed by atoms with E-state index in [1.807, 2.05) is 41.3 Å². The molecule has 1 amide bonds. The minimum Gasteiger partial charge on any atom is -0.460 e. The van der Waals surface area contributed by atoms with Gasteiger partial charge in [0.2, 0.25) is 5.91 Å². The molecule has 1 N–H and O–H groups in total. The van der Waals surface area contributed by atoms with Gasteiger partial charge in [-0.2, -0.15) is 0 Å². The SMILES string of the molecule is CCC(CC)C(=O)N1CCC(NCc2ccc(-c3ccccc3Cl)o2)CC1. The molecule has 0 bridgehead atoms. The molecule has 0 aliphatic carbocycles. The highest BCUT2D eigenvalue weighted by Gasteiger charge is 2.26. The van der Waals surface area contributed by atoms with Crippen LogP contribution in [0.25, 0.3) is 11.3 Å². The number of carbonyl (C=O) groups is 1. The van der Waals surface area contributed by atoms with Gasteiger partial charge in [0.05, 0.1) is 11.6 Å². The topological polar surface area (TPSA) is 45.5 Å². The number of rotatable bonds is 7. The van der Waals surface area contributed by atoms with E-state index in [2.05, 4.69) is 19.2 Å². The zero-order valence-electron chi connectivity index (χ0n) is 16.2. The van der Waals surface area contributed by atoms with Gasteiger partial charge in [0.1, 0.15) is 11.5 Å². The predicted octanol–water partition coefficient (Wildman–Crippen LogP) is 5.12. The minimum absolute atomic E-state index is 0.181. The summed E-state index contributed by atoms with van der Waals surface area (Å²) in [6, 6.07) is 12.1. The average molecular weight is 389 g/mol. The molecule has 1 saturated heterocycles. The Morgan fingerprint density at radius 3 is 2.56 bits per heavy atom. The molecule has 0 saturated carbocycles. The Morgan fingerprint density at radius 2 is 1.89 bits per heavy atom. The van der Waals surface area contributed by atoms with Crippen molar-refractivity contribution >= 4 is 17.5 Å². The standard InChI is InChI=1S/C22H29ClN2O2/c1-3-16(4-2)22(26)25-13-11-17(12-14-25)24-15-18-9-10-21(27-18)19-7-5-6-8-20(19)23/h5-10,16-17,24H,3-4,11-15H2,1-2H3. The third kappa shape index (κ3) is 4.94. The van der Waals surface area contributed by atoms with Crippen molar-refractivity contribution in [3.05, 3.63) is 47.2 Å². The monoisotopic (exact) mass is 388 g/mol. The molecule has 1 fully saturated rings. The fraction of sp³-hybridized carbons (Fsp3) is 0.500. The number of piperidine rings is 1. The van der Waals surface area contributed by atoms with Crippen LogP contribution in [-0.2, 0) is 11.3 Å². The number of carbonyl (C=O) groups excluding carboxylic acids is 1. The summed E-state index contributed by atoms with van der Waals surface area (Å²) in [5, 5.41) is 4.26. The number of hydrogen-bond donors (Lipinski definition) is 1. The second-order valence-electron chi connectivity index (χ2n) is 7.24. The van der Waals surface area contributed by atoms with Crippen molar-refractivity contribution < 1.29 is 9.21 Å². The summed E-state index contributed by atoms with van der Waals surface area (Å²) < 4.78 is 5.95. The molecule has 5 heteroatoms.